The highest BCUT2D eigenvalue weighted by Crippen LogP contribution is 2.77. The minimum absolute atomic E-state index is 0.122. The van der Waals surface area contributed by atoms with Crippen LogP contribution >= 0.6 is 0 Å². The van der Waals surface area contributed by atoms with E-state index < -0.39 is 45.9 Å². The average Bonchev–Trinajstić information content (AvgIpc) is 3.53. The number of benzene rings is 1. The van der Waals surface area contributed by atoms with Crippen molar-refractivity contribution >= 4 is 10.9 Å². The molecule has 1 aromatic heterocycles. The first-order valence-corrected chi connectivity index (χ1v) is 17.2. The van der Waals surface area contributed by atoms with Crippen LogP contribution in [0, 0.1) is 23.2 Å². The number of aliphatic hydroxyl groups is 3. The van der Waals surface area contributed by atoms with E-state index in [-0.39, 0.29) is 30.0 Å². The Morgan fingerprint density at radius 3 is 2.60 bits per heavy atom. The summed E-state index contributed by atoms with van der Waals surface area (Å²) in [6.07, 6.45) is 2.48. The highest BCUT2D eigenvalue weighted by molar-refractivity contribution is 5.92. The van der Waals surface area contributed by atoms with E-state index in [1.54, 1.807) is 0 Å². The Morgan fingerprint density at radius 1 is 1.16 bits per heavy atom. The van der Waals surface area contributed by atoms with Gasteiger partial charge in [-0.25, -0.2) is 0 Å². The molecule has 242 valence electrons. The first kappa shape index (κ1) is 29.2. The molecule has 7 nitrogen and oxygen atoms in total. The van der Waals surface area contributed by atoms with Crippen molar-refractivity contribution < 1.29 is 29.5 Å². The normalized spacial score (nSPS) is 49.1. The molecule has 7 heteroatoms. The fraction of sp³-hybridized carbons (Fsp3) is 0.684. The van der Waals surface area contributed by atoms with Gasteiger partial charge in [-0.1, -0.05) is 38.6 Å². The lowest BCUT2D eigenvalue weighted by atomic mass is 9.40. The summed E-state index contributed by atoms with van der Waals surface area (Å²) in [5, 5.41) is 37.0. The van der Waals surface area contributed by atoms with Crippen LogP contribution in [0.1, 0.15) is 101 Å². The highest BCUT2D eigenvalue weighted by Gasteiger charge is 2.86. The molecule has 2 aromatic rings. The monoisotopic (exact) mass is 615 g/mol. The number of H-pyrrole nitrogens is 1. The predicted octanol–water partition coefficient (Wildman–Crippen LogP) is 5.51. The molecule has 0 bridgehead atoms. The number of hydrogen-bond acceptors (Lipinski definition) is 6. The Hall–Kier alpha value is -2.00. The highest BCUT2D eigenvalue weighted by atomic mass is 16.7. The van der Waals surface area contributed by atoms with Crippen LogP contribution in [0.2, 0.25) is 0 Å². The van der Waals surface area contributed by atoms with E-state index in [0.29, 0.717) is 12.3 Å². The fourth-order valence-electron chi connectivity index (χ4n) is 12.4. The van der Waals surface area contributed by atoms with Crippen molar-refractivity contribution in [2.75, 3.05) is 7.11 Å². The van der Waals surface area contributed by atoms with Gasteiger partial charge in [-0.3, -0.25) is 0 Å². The Balaban J connectivity index is 1.23. The van der Waals surface area contributed by atoms with Gasteiger partial charge in [0.2, 0.25) is 0 Å². The molecule has 4 N–H and O–H groups in total. The van der Waals surface area contributed by atoms with Crippen LogP contribution in [0.15, 0.2) is 36.4 Å². The lowest BCUT2D eigenvalue weighted by molar-refractivity contribution is -0.270. The molecule has 9 rings (SSSR count). The van der Waals surface area contributed by atoms with Gasteiger partial charge in [0.05, 0.1) is 17.8 Å². The van der Waals surface area contributed by atoms with E-state index in [2.05, 4.69) is 44.1 Å². The molecule has 5 fully saturated rings. The summed E-state index contributed by atoms with van der Waals surface area (Å²) >= 11 is 0. The molecular weight excluding hydrogens is 566 g/mol. The summed E-state index contributed by atoms with van der Waals surface area (Å²) in [4.78, 5) is 3.95. The number of epoxide rings is 1. The van der Waals surface area contributed by atoms with Crippen LogP contribution in [0.25, 0.3) is 10.9 Å². The lowest BCUT2D eigenvalue weighted by Crippen LogP contribution is -2.76. The van der Waals surface area contributed by atoms with Crippen LogP contribution < -0.4 is 0 Å². The van der Waals surface area contributed by atoms with Gasteiger partial charge >= 0.3 is 0 Å². The third kappa shape index (κ3) is 3.03. The van der Waals surface area contributed by atoms with E-state index in [1.807, 2.05) is 27.9 Å². The first-order chi connectivity index (χ1) is 21.2. The van der Waals surface area contributed by atoms with Gasteiger partial charge < -0.3 is 34.5 Å². The zero-order valence-corrected chi connectivity index (χ0v) is 27.6. The summed E-state index contributed by atoms with van der Waals surface area (Å²) < 4.78 is 19.5. The number of aliphatic hydroxyl groups excluding tert-OH is 1. The lowest BCUT2D eigenvalue weighted by Gasteiger charge is -2.66. The molecule has 1 spiro atoms. The van der Waals surface area contributed by atoms with Crippen molar-refractivity contribution in [1.29, 1.82) is 0 Å². The first-order valence-electron chi connectivity index (χ1n) is 17.2. The van der Waals surface area contributed by atoms with Crippen LogP contribution in [0.4, 0.5) is 0 Å². The van der Waals surface area contributed by atoms with Gasteiger partial charge in [0, 0.05) is 46.0 Å². The van der Waals surface area contributed by atoms with Gasteiger partial charge in [-0.05, 0) is 99.8 Å². The Labute approximate surface area is 266 Å². The number of aromatic amines is 1. The maximum Gasteiger partial charge on any atom is 0.153 e. The summed E-state index contributed by atoms with van der Waals surface area (Å²) in [5.74, 6) is 0.934. The Bertz CT molecular complexity index is 1690. The molecule has 1 aromatic carbocycles. The molecule has 2 saturated heterocycles. The minimum Gasteiger partial charge on any atom is -0.390 e. The van der Waals surface area contributed by atoms with Gasteiger partial charge in [0.25, 0.3) is 0 Å². The minimum atomic E-state index is -1.20. The van der Waals surface area contributed by atoms with Crippen LogP contribution in [-0.2, 0) is 26.0 Å². The van der Waals surface area contributed by atoms with Gasteiger partial charge in [-0.15, -0.1) is 0 Å². The number of aromatic nitrogens is 1. The number of ether oxygens (including phenoxy) is 3. The standard InChI is InChI=1S/C38H49NO6/c1-17(2)30-29(40)33-38(45-33)24(44-30)12-13-35(6)36(7)21(11-14-37(35,38)42)31(43-8)28-27-23(39-32(28)36)10-9-19-15-18(3)20-16-22(34(4,5)41)26(20)25(19)27/h9-10,20-22,24,26,29-31,33,39-42H,1,3,11-16H2,2,4-8H3/t20-,21+,22+,24+,26+,29+,30-,31+,33-,35-,36-,37+,38+/m1/s1. The zero-order chi connectivity index (χ0) is 31.8. The molecule has 3 heterocycles. The van der Waals surface area contributed by atoms with Crippen molar-refractivity contribution in [2.45, 2.75) is 132 Å². The van der Waals surface area contributed by atoms with E-state index in [4.69, 9.17) is 14.2 Å². The number of fused-ring (bicyclic) bond motifs is 11. The second-order valence-electron chi connectivity index (χ2n) is 16.9. The van der Waals surface area contributed by atoms with Crippen LogP contribution in [0.5, 0.6) is 0 Å². The summed E-state index contributed by atoms with van der Waals surface area (Å²) in [7, 11) is 1.84. The topological polar surface area (TPSA) is 107 Å². The predicted molar refractivity (Wildman–Crippen MR) is 171 cm³/mol. The van der Waals surface area contributed by atoms with Gasteiger partial charge in [0.15, 0.2) is 5.60 Å². The molecule has 45 heavy (non-hydrogen) atoms. The second kappa shape index (κ2) is 8.53. The summed E-state index contributed by atoms with van der Waals surface area (Å²) in [5.41, 5.74) is 4.35. The SMILES string of the molecule is C=C1Cc2ccc3[nH]c4c(c3c2[C@H]2[C@@H]1C[C@@H]2C(C)(C)O)[C@@H](OC)[C@@H]1CC[C@@]2(O)[C@@]35O[C@@H]3[C@@H](O)[C@@H](C(=C)C)O[C@H]5CC[C@]2(C)[C@@]41C. The van der Waals surface area contributed by atoms with Crippen molar-refractivity contribution in [3.05, 3.63) is 58.8 Å². The molecule has 3 saturated carbocycles. The van der Waals surface area contributed by atoms with Crippen molar-refractivity contribution in [3.63, 3.8) is 0 Å². The molecule has 0 unspecified atom stereocenters. The molecule has 13 atom stereocenters. The second-order valence-corrected chi connectivity index (χ2v) is 16.9. The number of hydrogen-bond donors (Lipinski definition) is 4. The quantitative estimate of drug-likeness (QED) is 0.268. The molecule has 0 amide bonds. The number of nitrogens with one attached hydrogen (secondary N) is 1. The Kier molecular flexibility index (Phi) is 5.53. The van der Waals surface area contributed by atoms with Crippen molar-refractivity contribution in [3.8, 4) is 0 Å². The van der Waals surface area contributed by atoms with E-state index in [1.165, 1.54) is 33.3 Å². The third-order valence-electron chi connectivity index (χ3n) is 14.9. The molecule has 7 aliphatic rings. The van der Waals surface area contributed by atoms with Crippen molar-refractivity contribution in [2.24, 2.45) is 23.2 Å². The Morgan fingerprint density at radius 2 is 1.91 bits per heavy atom. The zero-order valence-electron chi connectivity index (χ0n) is 27.6. The number of rotatable bonds is 3. The molecule has 5 aliphatic carbocycles. The molecule has 0 radical (unpaired) electrons. The van der Waals surface area contributed by atoms with E-state index >= 15 is 0 Å². The molecule has 2 aliphatic heterocycles. The third-order valence-corrected chi connectivity index (χ3v) is 14.9. The van der Waals surface area contributed by atoms with E-state index in [0.717, 1.165) is 43.2 Å². The van der Waals surface area contributed by atoms with Gasteiger partial charge in [0.1, 0.15) is 23.9 Å². The van der Waals surface area contributed by atoms with Crippen LogP contribution in [-0.4, -0.2) is 68.6 Å². The summed E-state index contributed by atoms with van der Waals surface area (Å²) in [6.45, 7) is 19.0. The number of allylic oxidation sites excluding steroid dienone is 1. The number of methoxy groups -OCH3 is 1. The fourth-order valence-corrected chi connectivity index (χ4v) is 12.4. The maximum absolute atomic E-state index is 13.2. The van der Waals surface area contributed by atoms with Gasteiger partial charge in [-0.2, -0.15) is 0 Å². The van der Waals surface area contributed by atoms with Crippen molar-refractivity contribution in [1.82, 2.24) is 4.98 Å². The average molecular weight is 616 g/mol. The summed E-state index contributed by atoms with van der Waals surface area (Å²) in [6, 6.07) is 4.48. The van der Waals surface area contributed by atoms with Crippen LogP contribution in [0.3, 0.4) is 0 Å². The molecular formula is C38H49NO6. The smallest absolute Gasteiger partial charge is 0.153 e. The van der Waals surface area contributed by atoms with E-state index in [9.17, 15) is 15.3 Å². The maximum atomic E-state index is 13.2. The largest absolute Gasteiger partial charge is 0.390 e.